The molecule has 0 fully saturated rings. The fourth-order valence-electron chi connectivity index (χ4n) is 1.16. The maximum atomic E-state index is 5.17. The summed E-state index contributed by atoms with van der Waals surface area (Å²) in [6.45, 7) is 20.6. The standard InChI is InChI=1S/C10H23NO.3C2H6/c1-6-7-8-11(4)10(2,3)9-12-5;3*1-2/h6-9H2,1-5H3;3*1-2H3. The Kier molecular flexibility index (Phi) is 32.6. The predicted molar refractivity (Wildman–Crippen MR) is 87.5 cm³/mol. The van der Waals surface area contributed by atoms with E-state index in [1.807, 2.05) is 41.5 Å². The van der Waals surface area contributed by atoms with Crippen molar-refractivity contribution in [3.8, 4) is 0 Å². The molecule has 18 heavy (non-hydrogen) atoms. The molecule has 0 aliphatic rings. The second kappa shape index (κ2) is 22.1. The summed E-state index contributed by atoms with van der Waals surface area (Å²) in [5, 5.41) is 0. The van der Waals surface area contributed by atoms with Gasteiger partial charge in [0.2, 0.25) is 0 Å². The van der Waals surface area contributed by atoms with Crippen LogP contribution in [0.4, 0.5) is 0 Å². The zero-order valence-corrected chi connectivity index (χ0v) is 15.2. The molecule has 0 saturated heterocycles. The monoisotopic (exact) mass is 263 g/mol. The van der Waals surface area contributed by atoms with Gasteiger partial charge in [0, 0.05) is 12.6 Å². The summed E-state index contributed by atoms with van der Waals surface area (Å²) in [6, 6.07) is 0. The van der Waals surface area contributed by atoms with Gasteiger partial charge in [0.15, 0.2) is 0 Å². The molecule has 0 aromatic carbocycles. The molecule has 0 aliphatic heterocycles. The Bertz CT molecular complexity index is 114. The number of ether oxygens (including phenoxy) is 1. The normalized spacial score (nSPS) is 9.33. The molecule has 0 unspecified atom stereocenters. The summed E-state index contributed by atoms with van der Waals surface area (Å²) in [5.74, 6) is 0. The molecule has 2 nitrogen and oxygen atoms in total. The van der Waals surface area contributed by atoms with Crippen molar-refractivity contribution in [1.29, 1.82) is 0 Å². The quantitative estimate of drug-likeness (QED) is 0.651. The fraction of sp³-hybridized carbons (Fsp3) is 1.00. The van der Waals surface area contributed by atoms with Crippen LogP contribution < -0.4 is 0 Å². The average Bonchev–Trinajstić information content (AvgIpc) is 2.42. The molecule has 0 saturated carbocycles. The van der Waals surface area contributed by atoms with Crippen molar-refractivity contribution in [2.75, 3.05) is 27.3 Å². The maximum absolute atomic E-state index is 5.17. The maximum Gasteiger partial charge on any atom is 0.0641 e. The van der Waals surface area contributed by atoms with E-state index in [1.54, 1.807) is 7.11 Å². The molecule has 2 heteroatoms. The molecule has 0 aliphatic carbocycles. The van der Waals surface area contributed by atoms with Gasteiger partial charge in [-0.3, -0.25) is 4.90 Å². The van der Waals surface area contributed by atoms with Gasteiger partial charge in [-0.25, -0.2) is 0 Å². The van der Waals surface area contributed by atoms with Gasteiger partial charge in [-0.15, -0.1) is 0 Å². The van der Waals surface area contributed by atoms with E-state index < -0.39 is 0 Å². The molecule has 0 atom stereocenters. The fourth-order valence-corrected chi connectivity index (χ4v) is 1.16. The first kappa shape index (κ1) is 26.5. The number of hydrogen-bond donors (Lipinski definition) is 0. The van der Waals surface area contributed by atoms with E-state index in [0.717, 1.165) is 13.2 Å². The Morgan fingerprint density at radius 2 is 1.33 bits per heavy atom. The molecular weight excluding hydrogens is 222 g/mol. The van der Waals surface area contributed by atoms with E-state index in [9.17, 15) is 0 Å². The molecule has 0 N–H and O–H groups in total. The van der Waals surface area contributed by atoms with Crippen LogP contribution >= 0.6 is 0 Å². The molecule has 0 spiro atoms. The number of hydrogen-bond acceptors (Lipinski definition) is 2. The molecule has 0 rings (SSSR count). The minimum Gasteiger partial charge on any atom is -0.383 e. The number of unbranched alkanes of at least 4 members (excludes halogenated alkanes) is 1. The molecule has 0 bridgehead atoms. The topological polar surface area (TPSA) is 12.5 Å². The first-order valence-corrected chi connectivity index (χ1v) is 7.74. The van der Waals surface area contributed by atoms with Crippen LogP contribution in [-0.4, -0.2) is 37.7 Å². The van der Waals surface area contributed by atoms with E-state index >= 15 is 0 Å². The highest BCUT2D eigenvalue weighted by molar-refractivity contribution is 4.78. The van der Waals surface area contributed by atoms with Crippen LogP contribution in [0.1, 0.15) is 75.2 Å². The van der Waals surface area contributed by atoms with E-state index in [2.05, 4.69) is 32.7 Å². The van der Waals surface area contributed by atoms with Crippen LogP contribution in [-0.2, 0) is 4.74 Å². The Balaban J connectivity index is -0.000000141. The third-order valence-corrected chi connectivity index (χ3v) is 2.38. The Morgan fingerprint density at radius 3 is 1.61 bits per heavy atom. The lowest BCUT2D eigenvalue weighted by atomic mass is 10.0. The highest BCUT2D eigenvalue weighted by atomic mass is 16.5. The van der Waals surface area contributed by atoms with Gasteiger partial charge in [0.05, 0.1) is 6.61 Å². The summed E-state index contributed by atoms with van der Waals surface area (Å²) < 4.78 is 5.17. The molecule has 0 aromatic heterocycles. The van der Waals surface area contributed by atoms with Gasteiger partial charge in [-0.2, -0.15) is 0 Å². The number of nitrogens with zero attached hydrogens (tertiary/aromatic N) is 1. The SMILES string of the molecule is CC.CC.CC.CCCCN(C)C(C)(C)COC. The van der Waals surface area contributed by atoms with Crippen molar-refractivity contribution in [2.45, 2.75) is 80.7 Å². The molecule has 116 valence electrons. The van der Waals surface area contributed by atoms with E-state index in [1.165, 1.54) is 12.8 Å². The van der Waals surface area contributed by atoms with Gasteiger partial charge in [0.1, 0.15) is 0 Å². The van der Waals surface area contributed by atoms with Crippen molar-refractivity contribution in [3.05, 3.63) is 0 Å². The van der Waals surface area contributed by atoms with Gasteiger partial charge in [0.25, 0.3) is 0 Å². The minimum atomic E-state index is 0.171. The highest BCUT2D eigenvalue weighted by Crippen LogP contribution is 2.12. The van der Waals surface area contributed by atoms with Crippen LogP contribution in [0.15, 0.2) is 0 Å². The van der Waals surface area contributed by atoms with Gasteiger partial charge >= 0.3 is 0 Å². The zero-order chi connectivity index (χ0) is 15.6. The van der Waals surface area contributed by atoms with Gasteiger partial charge in [-0.1, -0.05) is 54.9 Å². The van der Waals surface area contributed by atoms with E-state index in [4.69, 9.17) is 4.74 Å². The van der Waals surface area contributed by atoms with Crippen LogP contribution in [0.3, 0.4) is 0 Å². The number of likely N-dealkylation sites (N-methyl/N-ethyl adjacent to an activating group) is 1. The summed E-state index contributed by atoms with van der Waals surface area (Å²) in [5.41, 5.74) is 0.171. The van der Waals surface area contributed by atoms with Gasteiger partial charge in [-0.05, 0) is 33.9 Å². The Morgan fingerprint density at radius 1 is 0.944 bits per heavy atom. The molecular formula is C16H41NO. The second-order valence-electron chi connectivity index (χ2n) is 4.02. The second-order valence-corrected chi connectivity index (χ2v) is 4.02. The summed E-state index contributed by atoms with van der Waals surface area (Å²) >= 11 is 0. The molecule has 0 amide bonds. The van der Waals surface area contributed by atoms with Gasteiger partial charge < -0.3 is 4.74 Å². The zero-order valence-electron chi connectivity index (χ0n) is 15.2. The first-order chi connectivity index (χ1) is 8.54. The molecule has 0 radical (unpaired) electrons. The molecule has 0 heterocycles. The van der Waals surface area contributed by atoms with Crippen LogP contribution in [0.25, 0.3) is 0 Å². The van der Waals surface area contributed by atoms with Crippen molar-refractivity contribution in [3.63, 3.8) is 0 Å². The number of rotatable bonds is 6. The predicted octanol–water partition coefficient (Wildman–Crippen LogP) is 5.22. The van der Waals surface area contributed by atoms with Crippen molar-refractivity contribution in [2.24, 2.45) is 0 Å². The summed E-state index contributed by atoms with van der Waals surface area (Å²) in [6.07, 6.45) is 2.52. The molecule has 0 aromatic rings. The smallest absolute Gasteiger partial charge is 0.0641 e. The third-order valence-electron chi connectivity index (χ3n) is 2.38. The van der Waals surface area contributed by atoms with Crippen LogP contribution in [0, 0.1) is 0 Å². The largest absolute Gasteiger partial charge is 0.383 e. The first-order valence-electron chi connectivity index (χ1n) is 7.74. The van der Waals surface area contributed by atoms with Crippen LogP contribution in [0.2, 0.25) is 0 Å². The van der Waals surface area contributed by atoms with Crippen LogP contribution in [0.5, 0.6) is 0 Å². The Labute approximate surface area is 118 Å². The third kappa shape index (κ3) is 18.3. The number of methoxy groups -OCH3 is 1. The average molecular weight is 264 g/mol. The highest BCUT2D eigenvalue weighted by Gasteiger charge is 2.22. The summed E-state index contributed by atoms with van der Waals surface area (Å²) in [4.78, 5) is 2.36. The van der Waals surface area contributed by atoms with Crippen molar-refractivity contribution >= 4 is 0 Å². The summed E-state index contributed by atoms with van der Waals surface area (Å²) in [7, 11) is 3.92. The Hall–Kier alpha value is -0.0800. The van der Waals surface area contributed by atoms with E-state index in [-0.39, 0.29) is 5.54 Å². The van der Waals surface area contributed by atoms with Crippen molar-refractivity contribution < 1.29 is 4.74 Å². The lowest BCUT2D eigenvalue weighted by Crippen LogP contribution is -2.45. The van der Waals surface area contributed by atoms with E-state index in [0.29, 0.717) is 0 Å². The lowest BCUT2D eigenvalue weighted by molar-refractivity contribution is 0.0498. The van der Waals surface area contributed by atoms with Crippen molar-refractivity contribution in [1.82, 2.24) is 4.90 Å². The lowest BCUT2D eigenvalue weighted by Gasteiger charge is -2.34. The minimum absolute atomic E-state index is 0.171.